The van der Waals surface area contributed by atoms with Gasteiger partial charge in [0, 0.05) is 25.6 Å². The summed E-state index contributed by atoms with van der Waals surface area (Å²) in [6, 6.07) is 11.7. The first kappa shape index (κ1) is 19.7. The summed E-state index contributed by atoms with van der Waals surface area (Å²) in [5.74, 6) is 1.17. The monoisotopic (exact) mass is 416 g/mol. The van der Waals surface area contributed by atoms with Crippen LogP contribution in [-0.2, 0) is 14.8 Å². The van der Waals surface area contributed by atoms with E-state index in [4.69, 9.17) is 9.47 Å². The van der Waals surface area contributed by atoms with Crippen molar-refractivity contribution < 1.29 is 22.7 Å². The Kier molecular flexibility index (Phi) is 5.47. The minimum Gasteiger partial charge on any atom is -0.490 e. The topological polar surface area (TPSA) is 84.9 Å². The molecule has 0 aliphatic carbocycles. The predicted molar refractivity (Wildman–Crippen MR) is 109 cm³/mol. The van der Waals surface area contributed by atoms with Gasteiger partial charge in [0.25, 0.3) is 0 Å². The molecular weight excluding hydrogens is 392 g/mol. The summed E-state index contributed by atoms with van der Waals surface area (Å²) >= 11 is 0. The summed E-state index contributed by atoms with van der Waals surface area (Å²) in [5.41, 5.74) is 1.47. The molecule has 7 nitrogen and oxygen atoms in total. The lowest BCUT2D eigenvalue weighted by molar-refractivity contribution is -0.114. The van der Waals surface area contributed by atoms with Gasteiger partial charge < -0.3 is 14.8 Å². The molecule has 29 heavy (non-hydrogen) atoms. The molecule has 1 N–H and O–H groups in total. The minimum absolute atomic E-state index is 0.199. The maximum atomic E-state index is 13.3. The third-order valence-corrected chi connectivity index (χ3v) is 7.06. The summed E-state index contributed by atoms with van der Waals surface area (Å²) in [7, 11) is -3.66. The van der Waals surface area contributed by atoms with Gasteiger partial charge in [-0.25, -0.2) is 8.42 Å². The summed E-state index contributed by atoms with van der Waals surface area (Å²) in [6.07, 6.45) is 2.37. The van der Waals surface area contributed by atoms with Crippen molar-refractivity contribution in [1.82, 2.24) is 4.31 Å². The number of carbonyl (C=O) groups excluding carboxylic acids is 1. The number of rotatable bonds is 4. The van der Waals surface area contributed by atoms with Crippen molar-refractivity contribution in [2.75, 3.05) is 25.1 Å². The number of fused-ring (bicyclic) bond motifs is 1. The van der Waals surface area contributed by atoms with E-state index in [2.05, 4.69) is 5.32 Å². The lowest BCUT2D eigenvalue weighted by Crippen LogP contribution is -2.30. The van der Waals surface area contributed by atoms with E-state index in [-0.39, 0.29) is 16.8 Å². The fourth-order valence-corrected chi connectivity index (χ4v) is 5.48. The van der Waals surface area contributed by atoms with Gasteiger partial charge in [-0.1, -0.05) is 6.07 Å². The fraction of sp³-hybridized carbons (Fsp3) is 0.381. The van der Waals surface area contributed by atoms with Gasteiger partial charge in [0.15, 0.2) is 11.5 Å². The van der Waals surface area contributed by atoms with Crippen molar-refractivity contribution in [2.24, 2.45) is 0 Å². The first-order valence-corrected chi connectivity index (χ1v) is 11.2. The Bertz CT molecular complexity index is 1000. The molecule has 4 rings (SSSR count). The van der Waals surface area contributed by atoms with E-state index in [9.17, 15) is 13.2 Å². The predicted octanol–water partition coefficient (Wildman–Crippen LogP) is 3.33. The SMILES string of the molecule is CC(=O)Nc1ccc(S(=O)(=O)N2CCC[C@@H]2c2ccc3c(c2)OCCCO3)cc1. The third-order valence-electron chi connectivity index (χ3n) is 5.14. The van der Waals surface area contributed by atoms with Crippen molar-refractivity contribution >= 4 is 21.6 Å². The van der Waals surface area contributed by atoms with Gasteiger partial charge in [0.05, 0.1) is 24.2 Å². The molecule has 2 aromatic carbocycles. The zero-order chi connectivity index (χ0) is 20.4. The van der Waals surface area contributed by atoms with Crippen LogP contribution < -0.4 is 14.8 Å². The van der Waals surface area contributed by atoms with E-state index < -0.39 is 10.0 Å². The Morgan fingerprint density at radius 2 is 1.76 bits per heavy atom. The smallest absolute Gasteiger partial charge is 0.243 e. The van der Waals surface area contributed by atoms with Crippen molar-refractivity contribution in [3.05, 3.63) is 48.0 Å². The van der Waals surface area contributed by atoms with Crippen molar-refractivity contribution in [3.63, 3.8) is 0 Å². The zero-order valence-electron chi connectivity index (χ0n) is 16.3. The molecular formula is C21H24N2O5S. The molecule has 0 bridgehead atoms. The molecule has 2 aliphatic heterocycles. The number of amides is 1. The Morgan fingerprint density at radius 3 is 2.48 bits per heavy atom. The largest absolute Gasteiger partial charge is 0.490 e. The molecule has 1 saturated heterocycles. The molecule has 2 aliphatic rings. The highest BCUT2D eigenvalue weighted by Gasteiger charge is 2.36. The number of hydrogen-bond donors (Lipinski definition) is 1. The van der Waals surface area contributed by atoms with Crippen LogP contribution in [0.4, 0.5) is 5.69 Å². The first-order chi connectivity index (χ1) is 13.9. The number of carbonyl (C=O) groups is 1. The average Bonchev–Trinajstić information content (AvgIpc) is 3.08. The highest BCUT2D eigenvalue weighted by molar-refractivity contribution is 7.89. The van der Waals surface area contributed by atoms with Crippen LogP contribution in [0.2, 0.25) is 0 Å². The number of hydrogen-bond acceptors (Lipinski definition) is 5. The maximum Gasteiger partial charge on any atom is 0.243 e. The van der Waals surface area contributed by atoms with Crippen LogP contribution in [0.5, 0.6) is 11.5 Å². The average molecular weight is 416 g/mol. The second-order valence-corrected chi connectivity index (χ2v) is 9.13. The molecule has 1 atom stereocenters. The molecule has 0 unspecified atom stereocenters. The van der Waals surface area contributed by atoms with Gasteiger partial charge in [-0.3, -0.25) is 4.79 Å². The lowest BCUT2D eigenvalue weighted by atomic mass is 10.0. The van der Waals surface area contributed by atoms with Crippen LogP contribution in [0.3, 0.4) is 0 Å². The normalized spacial score (nSPS) is 19.6. The van der Waals surface area contributed by atoms with Crippen molar-refractivity contribution in [2.45, 2.75) is 37.1 Å². The lowest BCUT2D eigenvalue weighted by Gasteiger charge is -2.25. The number of anilines is 1. The molecule has 0 spiro atoms. The molecule has 0 saturated carbocycles. The number of ether oxygens (including phenoxy) is 2. The van der Waals surface area contributed by atoms with Crippen molar-refractivity contribution in [3.8, 4) is 11.5 Å². The van der Waals surface area contributed by atoms with Crippen LogP contribution in [0, 0.1) is 0 Å². The second kappa shape index (κ2) is 8.04. The second-order valence-electron chi connectivity index (χ2n) is 7.24. The number of benzene rings is 2. The highest BCUT2D eigenvalue weighted by atomic mass is 32.2. The van der Waals surface area contributed by atoms with Crippen LogP contribution in [0.15, 0.2) is 47.4 Å². The van der Waals surface area contributed by atoms with Crippen LogP contribution in [-0.4, -0.2) is 38.4 Å². The summed E-state index contributed by atoms with van der Waals surface area (Å²) in [6.45, 7) is 3.08. The summed E-state index contributed by atoms with van der Waals surface area (Å²) < 4.78 is 39.6. The van der Waals surface area contributed by atoms with Crippen LogP contribution in [0.25, 0.3) is 0 Å². The number of sulfonamides is 1. The van der Waals surface area contributed by atoms with Crippen LogP contribution >= 0.6 is 0 Å². The standard InChI is InChI=1S/C21H24N2O5S/c1-15(24)22-17-6-8-18(9-7-17)29(25,26)23-11-2-4-19(23)16-5-10-20-21(14-16)28-13-3-12-27-20/h5-10,14,19H,2-4,11-13H2,1H3,(H,22,24)/t19-/m1/s1. The summed E-state index contributed by atoms with van der Waals surface area (Å²) in [4.78, 5) is 11.4. The van der Waals surface area contributed by atoms with Crippen molar-refractivity contribution in [1.29, 1.82) is 0 Å². The van der Waals surface area contributed by atoms with Gasteiger partial charge in [-0.2, -0.15) is 4.31 Å². The third kappa shape index (κ3) is 4.09. The van der Waals surface area contributed by atoms with E-state index in [1.165, 1.54) is 19.1 Å². The first-order valence-electron chi connectivity index (χ1n) is 9.74. The van der Waals surface area contributed by atoms with Gasteiger partial charge in [-0.05, 0) is 54.8 Å². The Morgan fingerprint density at radius 1 is 1.03 bits per heavy atom. The molecule has 8 heteroatoms. The van der Waals surface area contributed by atoms with Gasteiger partial charge >= 0.3 is 0 Å². The maximum absolute atomic E-state index is 13.3. The molecule has 1 amide bonds. The molecule has 154 valence electrons. The molecule has 0 radical (unpaired) electrons. The molecule has 1 fully saturated rings. The van der Waals surface area contributed by atoms with Crippen LogP contribution in [0.1, 0.15) is 37.8 Å². The quantitative estimate of drug-likeness (QED) is 0.826. The highest BCUT2D eigenvalue weighted by Crippen LogP contribution is 2.40. The van der Waals surface area contributed by atoms with E-state index in [1.54, 1.807) is 16.4 Å². The van der Waals surface area contributed by atoms with Gasteiger partial charge in [-0.15, -0.1) is 0 Å². The van der Waals surface area contributed by atoms with E-state index in [0.29, 0.717) is 36.9 Å². The van der Waals surface area contributed by atoms with Gasteiger partial charge in [0.2, 0.25) is 15.9 Å². The van der Waals surface area contributed by atoms with E-state index in [1.807, 2.05) is 18.2 Å². The Hall–Kier alpha value is -2.58. The fourth-order valence-electron chi connectivity index (χ4n) is 3.80. The molecule has 0 aromatic heterocycles. The minimum atomic E-state index is -3.66. The zero-order valence-corrected chi connectivity index (χ0v) is 17.1. The number of nitrogens with one attached hydrogen (secondary N) is 1. The van der Waals surface area contributed by atoms with Gasteiger partial charge in [0.1, 0.15) is 0 Å². The molecule has 2 aromatic rings. The van der Waals surface area contributed by atoms with E-state index >= 15 is 0 Å². The Balaban J connectivity index is 1.60. The summed E-state index contributed by atoms with van der Waals surface area (Å²) in [5, 5.41) is 2.65. The Labute approximate surface area is 170 Å². The number of nitrogens with zero attached hydrogens (tertiary/aromatic N) is 1. The molecule has 2 heterocycles. The van der Waals surface area contributed by atoms with E-state index in [0.717, 1.165) is 24.8 Å².